The summed E-state index contributed by atoms with van der Waals surface area (Å²) in [5.41, 5.74) is 0. The van der Waals surface area contributed by atoms with E-state index < -0.39 is 12.0 Å². The van der Waals surface area contributed by atoms with Crippen LogP contribution in [0.25, 0.3) is 0 Å². The molecule has 1 aliphatic rings. The number of nitrogens with one attached hydrogen (secondary N) is 2. The van der Waals surface area contributed by atoms with E-state index in [1.165, 1.54) is 12.0 Å². The number of hydrogen-bond donors (Lipinski definition) is 3. The summed E-state index contributed by atoms with van der Waals surface area (Å²) in [7, 11) is 1.53. The molecule has 0 radical (unpaired) electrons. The minimum absolute atomic E-state index is 0.200. The molecule has 0 aliphatic carbocycles. The summed E-state index contributed by atoms with van der Waals surface area (Å²) in [6.45, 7) is 4.61. The normalized spacial score (nSPS) is 22.5. The second-order valence-electron chi connectivity index (χ2n) is 4.54. The average Bonchev–Trinajstić information content (AvgIpc) is 2.82. The van der Waals surface area contributed by atoms with Crippen LogP contribution in [0.3, 0.4) is 0 Å². The molecule has 0 saturated carbocycles. The Morgan fingerprint density at radius 2 is 2.16 bits per heavy atom. The van der Waals surface area contributed by atoms with Crippen LogP contribution in [-0.2, 0) is 9.53 Å². The number of carboxylic acid groups (broad SMARTS) is 1. The van der Waals surface area contributed by atoms with E-state index in [-0.39, 0.29) is 12.1 Å². The minimum atomic E-state index is -0.984. The Balaban J connectivity index is 2.39. The Hall–Kier alpha value is -1.34. The summed E-state index contributed by atoms with van der Waals surface area (Å²) in [5.74, 6) is -0.984. The van der Waals surface area contributed by atoms with Crippen molar-refractivity contribution in [1.29, 1.82) is 0 Å². The number of ether oxygens (including phenoxy) is 1. The fourth-order valence-corrected chi connectivity index (χ4v) is 2.11. The van der Waals surface area contributed by atoms with Crippen molar-refractivity contribution in [1.82, 2.24) is 15.5 Å². The van der Waals surface area contributed by atoms with Gasteiger partial charge in [-0.3, -0.25) is 0 Å². The van der Waals surface area contributed by atoms with E-state index in [1.54, 1.807) is 0 Å². The van der Waals surface area contributed by atoms with Gasteiger partial charge >= 0.3 is 12.0 Å². The third-order valence-corrected chi connectivity index (χ3v) is 3.20. The Labute approximate surface area is 113 Å². The van der Waals surface area contributed by atoms with Crippen LogP contribution < -0.4 is 10.6 Å². The molecule has 7 heteroatoms. The molecule has 2 amide bonds. The molecule has 0 bridgehead atoms. The number of carbonyl (C=O) groups excluding carboxylic acids is 1. The number of methoxy groups -OCH3 is 1. The molecule has 1 rings (SSSR count). The lowest BCUT2D eigenvalue weighted by Gasteiger charge is -2.21. The van der Waals surface area contributed by atoms with Gasteiger partial charge in [0, 0.05) is 26.6 Å². The zero-order valence-electron chi connectivity index (χ0n) is 11.5. The Morgan fingerprint density at radius 1 is 1.42 bits per heavy atom. The van der Waals surface area contributed by atoms with E-state index in [2.05, 4.69) is 10.6 Å². The molecule has 3 N–H and O–H groups in total. The first-order valence-electron chi connectivity index (χ1n) is 6.61. The molecule has 19 heavy (non-hydrogen) atoms. The summed E-state index contributed by atoms with van der Waals surface area (Å²) in [4.78, 5) is 24.4. The minimum Gasteiger partial charge on any atom is -0.480 e. The van der Waals surface area contributed by atoms with E-state index >= 15 is 0 Å². The number of carboxylic acids is 1. The fraction of sp³-hybridized carbons (Fsp3) is 0.833. The van der Waals surface area contributed by atoms with Gasteiger partial charge in [-0.15, -0.1) is 0 Å². The Kier molecular flexibility index (Phi) is 6.58. The van der Waals surface area contributed by atoms with Crippen LogP contribution in [0.5, 0.6) is 0 Å². The highest BCUT2D eigenvalue weighted by Crippen LogP contribution is 2.20. The SMILES string of the molecule is CCNCCCNC(=O)N1CC(OC)CC1C(=O)O. The van der Waals surface area contributed by atoms with Gasteiger partial charge in [0.05, 0.1) is 6.10 Å². The maximum atomic E-state index is 11.9. The molecular weight excluding hydrogens is 250 g/mol. The molecule has 1 aliphatic heterocycles. The average molecular weight is 273 g/mol. The fourth-order valence-electron chi connectivity index (χ4n) is 2.11. The van der Waals surface area contributed by atoms with Crippen molar-refractivity contribution in [3.63, 3.8) is 0 Å². The van der Waals surface area contributed by atoms with Crippen LogP contribution in [0.4, 0.5) is 4.79 Å². The van der Waals surface area contributed by atoms with Gasteiger partial charge in [0.15, 0.2) is 0 Å². The lowest BCUT2D eigenvalue weighted by Crippen LogP contribution is -2.46. The summed E-state index contributed by atoms with van der Waals surface area (Å²) >= 11 is 0. The van der Waals surface area contributed by atoms with Gasteiger partial charge in [0.1, 0.15) is 6.04 Å². The predicted molar refractivity (Wildman–Crippen MR) is 70.1 cm³/mol. The number of hydrogen-bond acceptors (Lipinski definition) is 4. The topological polar surface area (TPSA) is 90.9 Å². The van der Waals surface area contributed by atoms with Gasteiger partial charge < -0.3 is 25.4 Å². The van der Waals surface area contributed by atoms with Crippen LogP contribution in [-0.4, -0.2) is 67.4 Å². The number of likely N-dealkylation sites (tertiary alicyclic amines) is 1. The largest absolute Gasteiger partial charge is 0.480 e. The smallest absolute Gasteiger partial charge is 0.326 e. The maximum absolute atomic E-state index is 11.9. The van der Waals surface area contributed by atoms with Crippen molar-refractivity contribution in [2.24, 2.45) is 0 Å². The van der Waals surface area contributed by atoms with Crippen molar-refractivity contribution < 1.29 is 19.4 Å². The van der Waals surface area contributed by atoms with E-state index in [0.29, 0.717) is 19.5 Å². The molecule has 0 aromatic carbocycles. The van der Waals surface area contributed by atoms with E-state index in [9.17, 15) is 9.59 Å². The van der Waals surface area contributed by atoms with Crippen molar-refractivity contribution in [2.75, 3.05) is 33.3 Å². The standard InChI is InChI=1S/C12H23N3O4/c1-3-13-5-4-6-14-12(18)15-8-9(19-2)7-10(15)11(16)17/h9-10,13H,3-8H2,1-2H3,(H,14,18)(H,16,17). The second kappa shape index (κ2) is 7.96. The Morgan fingerprint density at radius 3 is 2.74 bits per heavy atom. The van der Waals surface area contributed by atoms with E-state index in [0.717, 1.165) is 19.5 Å². The van der Waals surface area contributed by atoms with Gasteiger partial charge in [0.25, 0.3) is 0 Å². The first kappa shape index (κ1) is 15.7. The lowest BCUT2D eigenvalue weighted by atomic mass is 10.2. The molecule has 1 heterocycles. The van der Waals surface area contributed by atoms with Gasteiger partial charge in [0.2, 0.25) is 0 Å². The molecule has 2 unspecified atom stereocenters. The highest BCUT2D eigenvalue weighted by atomic mass is 16.5. The van der Waals surface area contributed by atoms with Gasteiger partial charge in [-0.1, -0.05) is 6.92 Å². The number of nitrogens with zero attached hydrogens (tertiary/aromatic N) is 1. The lowest BCUT2D eigenvalue weighted by molar-refractivity contribution is -0.141. The predicted octanol–water partition coefficient (Wildman–Crippen LogP) is -0.130. The molecule has 0 aromatic heterocycles. The molecule has 0 aromatic rings. The van der Waals surface area contributed by atoms with Crippen LogP contribution in [0.15, 0.2) is 0 Å². The highest BCUT2D eigenvalue weighted by molar-refractivity contribution is 5.83. The molecule has 0 spiro atoms. The number of urea groups is 1. The third-order valence-electron chi connectivity index (χ3n) is 3.20. The van der Waals surface area contributed by atoms with Crippen molar-refractivity contribution >= 4 is 12.0 Å². The molecule has 7 nitrogen and oxygen atoms in total. The maximum Gasteiger partial charge on any atom is 0.326 e. The van der Waals surface area contributed by atoms with Crippen molar-refractivity contribution in [3.05, 3.63) is 0 Å². The first-order chi connectivity index (χ1) is 9.10. The number of carbonyl (C=O) groups is 2. The first-order valence-corrected chi connectivity index (χ1v) is 6.61. The molecule has 110 valence electrons. The number of rotatable bonds is 7. The third kappa shape index (κ3) is 4.68. The van der Waals surface area contributed by atoms with Crippen LogP contribution >= 0.6 is 0 Å². The van der Waals surface area contributed by atoms with E-state index in [4.69, 9.17) is 9.84 Å². The zero-order chi connectivity index (χ0) is 14.3. The molecule has 1 fully saturated rings. The van der Waals surface area contributed by atoms with Crippen LogP contribution in [0.1, 0.15) is 19.8 Å². The second-order valence-corrected chi connectivity index (χ2v) is 4.54. The summed E-state index contributed by atoms with van der Waals surface area (Å²) in [6, 6.07) is -1.12. The van der Waals surface area contributed by atoms with Crippen LogP contribution in [0, 0.1) is 0 Å². The van der Waals surface area contributed by atoms with Gasteiger partial charge in [-0.2, -0.15) is 0 Å². The summed E-state index contributed by atoms with van der Waals surface area (Å²) in [6.07, 6.45) is 0.962. The molecule has 1 saturated heterocycles. The Bertz CT molecular complexity index is 311. The zero-order valence-corrected chi connectivity index (χ0v) is 11.5. The highest BCUT2D eigenvalue weighted by Gasteiger charge is 2.39. The monoisotopic (exact) mass is 273 g/mol. The van der Waals surface area contributed by atoms with Gasteiger partial charge in [-0.05, 0) is 19.5 Å². The summed E-state index contributed by atoms with van der Waals surface area (Å²) in [5, 5.41) is 15.0. The summed E-state index contributed by atoms with van der Waals surface area (Å²) < 4.78 is 5.13. The van der Waals surface area contributed by atoms with Crippen molar-refractivity contribution in [3.8, 4) is 0 Å². The number of amides is 2. The van der Waals surface area contributed by atoms with Gasteiger partial charge in [-0.25, -0.2) is 9.59 Å². The quantitative estimate of drug-likeness (QED) is 0.562. The van der Waals surface area contributed by atoms with Crippen LogP contribution in [0.2, 0.25) is 0 Å². The molecular formula is C12H23N3O4. The molecule has 2 atom stereocenters. The number of aliphatic carboxylic acids is 1. The van der Waals surface area contributed by atoms with Crippen molar-refractivity contribution in [2.45, 2.75) is 31.9 Å². The van der Waals surface area contributed by atoms with E-state index in [1.807, 2.05) is 6.92 Å².